The summed E-state index contributed by atoms with van der Waals surface area (Å²) >= 11 is 0. The van der Waals surface area contributed by atoms with Crippen molar-refractivity contribution in [3.05, 3.63) is 81.1 Å². The van der Waals surface area contributed by atoms with Gasteiger partial charge < -0.3 is 0 Å². The van der Waals surface area contributed by atoms with Crippen LogP contribution in [0.3, 0.4) is 0 Å². The second-order valence-corrected chi connectivity index (χ2v) is 9.97. The van der Waals surface area contributed by atoms with Gasteiger partial charge in [-0.15, -0.1) is 0 Å². The van der Waals surface area contributed by atoms with Crippen LogP contribution in [0, 0.1) is 0 Å². The first-order valence-corrected chi connectivity index (χ1v) is 11.1. The lowest BCUT2D eigenvalue weighted by atomic mass is 9.85. The maximum Gasteiger partial charge on any atom is 0.0600 e. The summed E-state index contributed by atoms with van der Waals surface area (Å²) in [6.07, 6.45) is 6.05. The van der Waals surface area contributed by atoms with Crippen LogP contribution in [-0.2, 0) is 6.42 Å². The molecule has 0 heterocycles. The first-order chi connectivity index (χ1) is 10.6. The van der Waals surface area contributed by atoms with Crippen molar-refractivity contribution in [3.8, 4) is 0 Å². The molecule has 110 valence electrons. The Bertz CT molecular complexity index is 808. The Hall–Kier alpha value is -1.86. The summed E-state index contributed by atoms with van der Waals surface area (Å²) in [6, 6.07) is 15.8. The molecular weight excluding hydrogens is 280 g/mol. The Morgan fingerprint density at radius 2 is 1.68 bits per heavy atom. The van der Waals surface area contributed by atoms with E-state index in [9.17, 15) is 0 Å². The van der Waals surface area contributed by atoms with Gasteiger partial charge in [-0.1, -0.05) is 78.5 Å². The van der Waals surface area contributed by atoms with Crippen LogP contribution >= 0.6 is 0 Å². The first-order valence-electron chi connectivity index (χ1n) is 8.24. The molecule has 4 rings (SSSR count). The normalized spacial score (nSPS) is 19.0. The predicted octanol–water partition coefficient (Wildman–Crippen LogP) is 5.20. The van der Waals surface area contributed by atoms with Crippen molar-refractivity contribution < 1.29 is 0 Å². The molecule has 0 aromatic heterocycles. The zero-order valence-corrected chi connectivity index (χ0v) is 14.7. The van der Waals surface area contributed by atoms with E-state index in [4.69, 9.17) is 0 Å². The molecule has 2 aliphatic rings. The molecule has 0 spiro atoms. The zero-order chi connectivity index (χ0) is 15.3. The molecule has 2 aliphatic carbocycles. The highest BCUT2D eigenvalue weighted by Gasteiger charge is 2.28. The Morgan fingerprint density at radius 3 is 2.50 bits per heavy atom. The molecule has 22 heavy (non-hydrogen) atoms. The van der Waals surface area contributed by atoms with Gasteiger partial charge in [-0.3, -0.25) is 0 Å². The molecule has 0 N–H and O–H groups in total. The second kappa shape index (κ2) is 5.10. The smallest absolute Gasteiger partial charge is 0.0600 e. The summed E-state index contributed by atoms with van der Waals surface area (Å²) in [5.74, 6) is 0.440. The highest BCUT2D eigenvalue weighted by molar-refractivity contribution is 6.65. The van der Waals surface area contributed by atoms with Crippen molar-refractivity contribution >= 4 is 20.9 Å². The van der Waals surface area contributed by atoms with E-state index < -0.39 is 8.80 Å². The maximum atomic E-state index is 2.51. The minimum Gasteiger partial charge on any atom is -0.0797 e. The fourth-order valence-corrected chi connectivity index (χ4v) is 5.06. The molecule has 2 aromatic rings. The van der Waals surface area contributed by atoms with Gasteiger partial charge in [0.25, 0.3) is 0 Å². The molecule has 0 nitrogen and oxygen atoms in total. The summed E-state index contributed by atoms with van der Waals surface area (Å²) in [4.78, 5) is 0. The molecule has 0 aliphatic heterocycles. The molecule has 0 saturated carbocycles. The Balaban J connectivity index is 1.87. The highest BCUT2D eigenvalue weighted by Crippen LogP contribution is 2.44. The van der Waals surface area contributed by atoms with E-state index in [2.05, 4.69) is 74.6 Å². The number of allylic oxidation sites excluding steroid dienone is 2. The average Bonchev–Trinajstić information content (AvgIpc) is 3.07. The third-order valence-electron chi connectivity index (χ3n) is 5.15. The van der Waals surface area contributed by atoms with Crippen LogP contribution in [0.1, 0.15) is 40.7 Å². The lowest BCUT2D eigenvalue weighted by Crippen LogP contribution is -2.04. The lowest BCUT2D eigenvalue weighted by molar-refractivity contribution is 0.969. The number of rotatable bonds is 2. The number of hydrogen-bond acceptors (Lipinski definition) is 0. The molecule has 0 amide bonds. The van der Waals surface area contributed by atoms with Crippen LogP contribution in [0.5, 0.6) is 0 Å². The number of benzene rings is 2. The van der Waals surface area contributed by atoms with Gasteiger partial charge in [0.1, 0.15) is 0 Å². The Labute approximate surface area is 134 Å². The second-order valence-electron chi connectivity index (χ2n) is 6.92. The standard InChI is InChI=1S/C21H22Si/c1-14-11-15-7-4-5-9-18(15)21(14)19-10-6-8-16-12-17(22(2)3)13-20(16)19/h4-11,13,21-22H,12H2,1-3H3/t21-/m1/s1. The van der Waals surface area contributed by atoms with E-state index in [1.54, 1.807) is 5.20 Å². The van der Waals surface area contributed by atoms with Crippen molar-refractivity contribution in [2.75, 3.05) is 0 Å². The summed E-state index contributed by atoms with van der Waals surface area (Å²) in [5, 5.41) is 1.70. The van der Waals surface area contributed by atoms with Crippen LogP contribution < -0.4 is 0 Å². The summed E-state index contributed by atoms with van der Waals surface area (Å²) in [6.45, 7) is 7.15. The number of fused-ring (bicyclic) bond motifs is 2. The van der Waals surface area contributed by atoms with Crippen LogP contribution in [-0.4, -0.2) is 8.80 Å². The van der Waals surface area contributed by atoms with Gasteiger partial charge in [0.05, 0.1) is 8.80 Å². The third kappa shape index (κ3) is 2.04. The van der Waals surface area contributed by atoms with E-state index in [1.807, 2.05) is 0 Å². The predicted molar refractivity (Wildman–Crippen MR) is 98.9 cm³/mol. The van der Waals surface area contributed by atoms with Crippen molar-refractivity contribution in [2.45, 2.75) is 32.4 Å². The summed E-state index contributed by atoms with van der Waals surface area (Å²) in [7, 11) is -0.700. The van der Waals surface area contributed by atoms with Gasteiger partial charge in [-0.2, -0.15) is 0 Å². The quantitative estimate of drug-likeness (QED) is 0.669. The molecule has 1 heteroatoms. The third-order valence-corrected chi connectivity index (χ3v) is 7.01. The van der Waals surface area contributed by atoms with Gasteiger partial charge in [0.2, 0.25) is 0 Å². The zero-order valence-electron chi connectivity index (χ0n) is 13.6. The van der Waals surface area contributed by atoms with E-state index in [0.29, 0.717) is 5.92 Å². The minimum atomic E-state index is -0.700. The fourth-order valence-electron chi connectivity index (χ4n) is 3.93. The van der Waals surface area contributed by atoms with Crippen LogP contribution in [0.2, 0.25) is 13.1 Å². The molecule has 0 bridgehead atoms. The summed E-state index contributed by atoms with van der Waals surface area (Å²) in [5.41, 5.74) is 8.87. The van der Waals surface area contributed by atoms with Gasteiger partial charge in [-0.25, -0.2) is 0 Å². The lowest BCUT2D eigenvalue weighted by Gasteiger charge is -2.18. The fraction of sp³-hybridized carbons (Fsp3) is 0.238. The summed E-state index contributed by atoms with van der Waals surface area (Å²) < 4.78 is 0. The molecule has 2 aromatic carbocycles. The van der Waals surface area contributed by atoms with Crippen LogP contribution in [0.25, 0.3) is 12.2 Å². The van der Waals surface area contributed by atoms with Gasteiger partial charge >= 0.3 is 0 Å². The molecule has 0 unspecified atom stereocenters. The maximum absolute atomic E-state index is 2.51. The SMILES string of the molecule is CC1=Cc2ccccc2[C@@H]1c1cccc2c1C=C([SiH](C)C)C2. The van der Waals surface area contributed by atoms with Gasteiger partial charge in [-0.05, 0) is 41.2 Å². The van der Waals surface area contributed by atoms with E-state index in [-0.39, 0.29) is 0 Å². The Morgan fingerprint density at radius 1 is 0.909 bits per heavy atom. The van der Waals surface area contributed by atoms with E-state index >= 15 is 0 Å². The molecule has 0 saturated heterocycles. The first kappa shape index (κ1) is 13.8. The van der Waals surface area contributed by atoms with Crippen molar-refractivity contribution in [1.29, 1.82) is 0 Å². The van der Waals surface area contributed by atoms with Gasteiger partial charge in [0.15, 0.2) is 0 Å². The minimum absolute atomic E-state index is 0.440. The molecule has 0 fully saturated rings. The van der Waals surface area contributed by atoms with Crippen LogP contribution in [0.15, 0.2) is 53.2 Å². The van der Waals surface area contributed by atoms with Crippen molar-refractivity contribution in [1.82, 2.24) is 0 Å². The monoisotopic (exact) mass is 302 g/mol. The van der Waals surface area contributed by atoms with Gasteiger partial charge in [0, 0.05) is 5.92 Å². The Kier molecular flexibility index (Phi) is 3.19. The number of hydrogen-bond donors (Lipinski definition) is 0. The highest BCUT2D eigenvalue weighted by atomic mass is 28.3. The average molecular weight is 302 g/mol. The molecule has 1 atom stereocenters. The van der Waals surface area contributed by atoms with Crippen LogP contribution in [0.4, 0.5) is 0 Å². The van der Waals surface area contributed by atoms with Crippen molar-refractivity contribution in [3.63, 3.8) is 0 Å². The van der Waals surface area contributed by atoms with Crippen molar-refractivity contribution in [2.24, 2.45) is 0 Å². The topological polar surface area (TPSA) is 0 Å². The van der Waals surface area contributed by atoms with E-state index in [0.717, 1.165) is 0 Å². The van der Waals surface area contributed by atoms with E-state index in [1.165, 1.54) is 39.8 Å². The molecular formula is C21H22Si. The molecule has 0 radical (unpaired) electrons. The largest absolute Gasteiger partial charge is 0.0797 e.